The van der Waals surface area contributed by atoms with E-state index in [1.807, 2.05) is 11.8 Å². The Morgan fingerprint density at radius 1 is 1.37 bits per heavy atom. The van der Waals surface area contributed by atoms with Gasteiger partial charge in [-0.05, 0) is 6.42 Å². The monoisotopic (exact) mass is 285 g/mol. The van der Waals surface area contributed by atoms with Gasteiger partial charge in [0.2, 0.25) is 0 Å². The first-order chi connectivity index (χ1) is 9.04. The molecule has 0 aliphatic carbocycles. The van der Waals surface area contributed by atoms with Crippen LogP contribution in [0.3, 0.4) is 0 Å². The number of hydrazine groups is 1. The van der Waals surface area contributed by atoms with Gasteiger partial charge in [-0.3, -0.25) is 0 Å². The number of aromatic nitrogens is 2. The van der Waals surface area contributed by atoms with E-state index in [1.165, 1.54) is 0 Å². The summed E-state index contributed by atoms with van der Waals surface area (Å²) >= 11 is 0. The number of anilines is 2. The van der Waals surface area contributed by atoms with Crippen LogP contribution >= 0.6 is 0 Å². The molecule has 1 aliphatic rings. The molecule has 0 spiro atoms. The quantitative estimate of drug-likeness (QED) is 0.593. The van der Waals surface area contributed by atoms with Crippen molar-refractivity contribution >= 4 is 21.5 Å². The Kier molecular flexibility index (Phi) is 4.20. The van der Waals surface area contributed by atoms with Crippen molar-refractivity contribution in [3.8, 4) is 0 Å². The van der Waals surface area contributed by atoms with Gasteiger partial charge in [0.05, 0.1) is 11.5 Å². The number of aryl methyl sites for hydroxylation is 1. The third-order valence-corrected chi connectivity index (χ3v) is 4.82. The highest BCUT2D eigenvalue weighted by Gasteiger charge is 2.20. The van der Waals surface area contributed by atoms with Crippen LogP contribution in [0.1, 0.15) is 19.2 Å². The molecule has 1 aromatic rings. The van der Waals surface area contributed by atoms with Crippen molar-refractivity contribution in [3.05, 3.63) is 11.9 Å². The molecule has 0 atom stereocenters. The smallest absolute Gasteiger partial charge is 0.152 e. The molecular weight excluding hydrogens is 266 g/mol. The highest BCUT2D eigenvalue weighted by atomic mass is 32.2. The van der Waals surface area contributed by atoms with Crippen LogP contribution in [0.5, 0.6) is 0 Å². The Morgan fingerprint density at radius 2 is 2.16 bits per heavy atom. The molecule has 3 N–H and O–H groups in total. The van der Waals surface area contributed by atoms with E-state index in [1.54, 1.807) is 6.07 Å². The van der Waals surface area contributed by atoms with Gasteiger partial charge in [-0.25, -0.2) is 24.2 Å². The maximum atomic E-state index is 11.6. The summed E-state index contributed by atoms with van der Waals surface area (Å²) < 4.78 is 23.2. The van der Waals surface area contributed by atoms with Crippen molar-refractivity contribution in [1.82, 2.24) is 9.97 Å². The molecule has 19 heavy (non-hydrogen) atoms. The predicted octanol–water partition coefficient (Wildman–Crippen LogP) is -0.0505. The Balaban J connectivity index is 2.25. The van der Waals surface area contributed by atoms with Crippen molar-refractivity contribution in [2.24, 2.45) is 5.84 Å². The third-order valence-electron chi connectivity index (χ3n) is 3.10. The lowest BCUT2D eigenvalue weighted by Crippen LogP contribution is -2.28. The maximum absolute atomic E-state index is 11.6. The molecule has 0 radical (unpaired) electrons. The predicted molar refractivity (Wildman–Crippen MR) is 74.7 cm³/mol. The minimum atomic E-state index is -2.92. The molecule has 0 saturated carbocycles. The highest BCUT2D eigenvalue weighted by Crippen LogP contribution is 2.18. The molecule has 7 nitrogen and oxygen atoms in total. The van der Waals surface area contributed by atoms with Crippen LogP contribution in [0.4, 0.5) is 11.6 Å². The molecule has 0 aromatic carbocycles. The van der Waals surface area contributed by atoms with Gasteiger partial charge in [0, 0.05) is 25.6 Å². The number of nitrogens with zero attached hydrogens (tertiary/aromatic N) is 3. The second-order valence-electron chi connectivity index (χ2n) is 4.52. The van der Waals surface area contributed by atoms with Crippen molar-refractivity contribution in [2.45, 2.75) is 19.8 Å². The zero-order valence-corrected chi connectivity index (χ0v) is 11.8. The standard InChI is InChI=1S/C11H19N5O2S/c1-2-9-13-10(15-12)8-11(14-9)16-4-3-6-19(17,18)7-5-16/h8H,2-7,12H2,1H3,(H,13,14,15). The maximum Gasteiger partial charge on any atom is 0.152 e. The second-order valence-corrected chi connectivity index (χ2v) is 6.82. The molecule has 106 valence electrons. The Bertz CT molecular complexity index is 524. The van der Waals surface area contributed by atoms with Crippen molar-refractivity contribution < 1.29 is 8.42 Å². The van der Waals surface area contributed by atoms with E-state index in [4.69, 9.17) is 5.84 Å². The Labute approximate surface area is 113 Å². The minimum Gasteiger partial charge on any atom is -0.355 e. The van der Waals surface area contributed by atoms with Crippen LogP contribution in [0.2, 0.25) is 0 Å². The number of nitrogens with one attached hydrogen (secondary N) is 1. The summed E-state index contributed by atoms with van der Waals surface area (Å²) in [7, 11) is -2.92. The van der Waals surface area contributed by atoms with E-state index < -0.39 is 9.84 Å². The van der Waals surface area contributed by atoms with Crippen molar-refractivity contribution in [2.75, 3.05) is 34.9 Å². The first kappa shape index (κ1) is 14.0. The fraction of sp³-hybridized carbons (Fsp3) is 0.636. The lowest BCUT2D eigenvalue weighted by molar-refractivity contribution is 0.597. The number of rotatable bonds is 3. The molecule has 0 amide bonds. The summed E-state index contributed by atoms with van der Waals surface area (Å²) in [5, 5.41) is 0. The van der Waals surface area contributed by atoms with Crippen LogP contribution in [0, 0.1) is 0 Å². The lowest BCUT2D eigenvalue weighted by atomic mass is 10.3. The number of nitrogen functional groups attached to an aromatic ring is 1. The van der Waals surface area contributed by atoms with E-state index in [0.717, 1.165) is 5.82 Å². The lowest BCUT2D eigenvalue weighted by Gasteiger charge is -2.21. The average molecular weight is 285 g/mol. The molecular formula is C11H19N5O2S. The van der Waals surface area contributed by atoms with Crippen LogP contribution in [0.15, 0.2) is 6.07 Å². The largest absolute Gasteiger partial charge is 0.355 e. The zero-order chi connectivity index (χ0) is 13.9. The van der Waals surface area contributed by atoms with Gasteiger partial charge in [-0.1, -0.05) is 6.92 Å². The molecule has 1 saturated heterocycles. The van der Waals surface area contributed by atoms with E-state index in [0.29, 0.717) is 37.6 Å². The van der Waals surface area contributed by atoms with Gasteiger partial charge in [0.25, 0.3) is 0 Å². The molecule has 1 aliphatic heterocycles. The fourth-order valence-electron chi connectivity index (χ4n) is 2.04. The number of sulfone groups is 1. The van der Waals surface area contributed by atoms with E-state index in [-0.39, 0.29) is 11.5 Å². The van der Waals surface area contributed by atoms with Crippen LogP contribution < -0.4 is 16.2 Å². The molecule has 2 rings (SSSR count). The summed E-state index contributed by atoms with van der Waals surface area (Å²) in [6.07, 6.45) is 1.33. The number of hydrogen-bond acceptors (Lipinski definition) is 7. The van der Waals surface area contributed by atoms with E-state index >= 15 is 0 Å². The van der Waals surface area contributed by atoms with E-state index in [9.17, 15) is 8.42 Å². The average Bonchev–Trinajstić information content (AvgIpc) is 2.59. The molecule has 1 fully saturated rings. The highest BCUT2D eigenvalue weighted by molar-refractivity contribution is 7.91. The van der Waals surface area contributed by atoms with Crippen LogP contribution in [-0.4, -0.2) is 43.0 Å². The summed E-state index contributed by atoms with van der Waals surface area (Å²) in [4.78, 5) is 10.6. The van der Waals surface area contributed by atoms with Gasteiger partial charge in [0.1, 0.15) is 17.5 Å². The molecule has 2 heterocycles. The normalized spacial score (nSPS) is 18.9. The van der Waals surface area contributed by atoms with Gasteiger partial charge in [0.15, 0.2) is 9.84 Å². The molecule has 0 unspecified atom stereocenters. The van der Waals surface area contributed by atoms with E-state index in [2.05, 4.69) is 15.4 Å². The first-order valence-corrected chi connectivity index (χ1v) is 8.16. The Morgan fingerprint density at radius 3 is 2.84 bits per heavy atom. The molecule has 0 bridgehead atoms. The summed E-state index contributed by atoms with van der Waals surface area (Å²) in [6, 6.07) is 1.75. The summed E-state index contributed by atoms with van der Waals surface area (Å²) in [5.74, 6) is 7.78. The van der Waals surface area contributed by atoms with Crippen LogP contribution in [-0.2, 0) is 16.3 Å². The van der Waals surface area contributed by atoms with Gasteiger partial charge in [-0.2, -0.15) is 0 Å². The summed E-state index contributed by atoms with van der Waals surface area (Å²) in [6.45, 7) is 3.11. The van der Waals surface area contributed by atoms with Crippen LogP contribution in [0.25, 0.3) is 0 Å². The van der Waals surface area contributed by atoms with Gasteiger partial charge in [-0.15, -0.1) is 0 Å². The second kappa shape index (κ2) is 5.70. The van der Waals surface area contributed by atoms with Gasteiger partial charge >= 0.3 is 0 Å². The van der Waals surface area contributed by atoms with Crippen molar-refractivity contribution in [1.29, 1.82) is 0 Å². The summed E-state index contributed by atoms with van der Waals surface area (Å²) in [5.41, 5.74) is 2.52. The number of nitrogens with two attached hydrogens (primary N) is 1. The topological polar surface area (TPSA) is 101 Å². The zero-order valence-electron chi connectivity index (χ0n) is 11.0. The van der Waals surface area contributed by atoms with Crippen molar-refractivity contribution in [3.63, 3.8) is 0 Å². The minimum absolute atomic E-state index is 0.170. The molecule has 8 heteroatoms. The molecule has 1 aromatic heterocycles. The Hall–Kier alpha value is -1.41. The number of hydrogen-bond donors (Lipinski definition) is 2. The first-order valence-electron chi connectivity index (χ1n) is 6.34. The SMILES string of the molecule is CCc1nc(NN)cc(N2CCCS(=O)(=O)CC2)n1. The van der Waals surface area contributed by atoms with Gasteiger partial charge < -0.3 is 10.3 Å². The fourth-order valence-corrected chi connectivity index (χ4v) is 3.32. The third kappa shape index (κ3) is 3.54.